The normalized spacial score (nSPS) is 12.8. The molecule has 2 aromatic rings. The zero-order chi connectivity index (χ0) is 21.0. The van der Waals surface area contributed by atoms with Gasteiger partial charge in [0, 0.05) is 24.3 Å². The van der Waals surface area contributed by atoms with Crippen molar-refractivity contribution >= 4 is 29.1 Å². The van der Waals surface area contributed by atoms with Crippen LogP contribution in [-0.2, 0) is 9.59 Å². The first-order chi connectivity index (χ1) is 13.9. The number of rotatable bonds is 6. The molecule has 7 heteroatoms. The van der Waals surface area contributed by atoms with E-state index in [-0.39, 0.29) is 30.9 Å². The molecule has 0 aliphatic carbocycles. The highest BCUT2D eigenvalue weighted by molar-refractivity contribution is 6.06. The van der Waals surface area contributed by atoms with E-state index in [2.05, 4.69) is 5.32 Å². The van der Waals surface area contributed by atoms with Crippen LogP contribution in [0.5, 0.6) is 5.75 Å². The number of nitrogens with one attached hydrogen (secondary N) is 1. The van der Waals surface area contributed by atoms with E-state index in [0.29, 0.717) is 35.8 Å². The maximum Gasteiger partial charge on any atom is 0.265 e. The number of para-hydroxylation sites is 1. The van der Waals surface area contributed by atoms with Crippen LogP contribution in [0.1, 0.15) is 29.8 Å². The molecular formula is C22H25N3O4. The summed E-state index contributed by atoms with van der Waals surface area (Å²) < 4.78 is 5.48. The van der Waals surface area contributed by atoms with E-state index in [1.54, 1.807) is 23.1 Å². The quantitative estimate of drug-likeness (QED) is 0.816. The SMILES string of the molecule is CCN(CC)C(=O)c1ccc2c(c1)N(CC(=O)Nc1ccccc1C)C(=O)CO2. The molecule has 0 atom stereocenters. The maximum atomic E-state index is 12.7. The minimum atomic E-state index is -0.329. The average Bonchev–Trinajstić information content (AvgIpc) is 2.72. The summed E-state index contributed by atoms with van der Waals surface area (Å²) in [5, 5.41) is 2.83. The third-order valence-corrected chi connectivity index (χ3v) is 4.92. The number of nitrogens with zero attached hydrogens (tertiary/aromatic N) is 2. The lowest BCUT2D eigenvalue weighted by molar-refractivity contribution is -0.123. The molecular weight excluding hydrogens is 370 g/mol. The second-order valence-corrected chi connectivity index (χ2v) is 6.79. The van der Waals surface area contributed by atoms with Crippen molar-refractivity contribution in [3.05, 3.63) is 53.6 Å². The highest BCUT2D eigenvalue weighted by Gasteiger charge is 2.29. The molecule has 1 aliphatic heterocycles. The van der Waals surface area contributed by atoms with Crippen molar-refractivity contribution in [2.24, 2.45) is 0 Å². The molecule has 3 rings (SSSR count). The van der Waals surface area contributed by atoms with Crippen molar-refractivity contribution < 1.29 is 19.1 Å². The van der Waals surface area contributed by atoms with Crippen molar-refractivity contribution in [1.82, 2.24) is 4.90 Å². The fraction of sp³-hybridized carbons (Fsp3) is 0.318. The Bertz CT molecular complexity index is 937. The Hall–Kier alpha value is -3.35. The van der Waals surface area contributed by atoms with Gasteiger partial charge in [-0.05, 0) is 50.6 Å². The summed E-state index contributed by atoms with van der Waals surface area (Å²) in [6.07, 6.45) is 0. The lowest BCUT2D eigenvalue weighted by Crippen LogP contribution is -2.43. The molecule has 0 bridgehead atoms. The van der Waals surface area contributed by atoms with Gasteiger partial charge in [-0.2, -0.15) is 0 Å². The minimum Gasteiger partial charge on any atom is -0.482 e. The van der Waals surface area contributed by atoms with E-state index in [9.17, 15) is 14.4 Å². The third-order valence-electron chi connectivity index (χ3n) is 4.92. The van der Waals surface area contributed by atoms with Gasteiger partial charge in [0.05, 0.1) is 5.69 Å². The van der Waals surface area contributed by atoms with E-state index in [4.69, 9.17) is 4.74 Å². The summed E-state index contributed by atoms with van der Waals surface area (Å²) in [4.78, 5) is 40.8. The Morgan fingerprint density at radius 3 is 2.55 bits per heavy atom. The third kappa shape index (κ3) is 4.39. The van der Waals surface area contributed by atoms with Crippen molar-refractivity contribution in [1.29, 1.82) is 0 Å². The van der Waals surface area contributed by atoms with Gasteiger partial charge in [-0.25, -0.2) is 0 Å². The van der Waals surface area contributed by atoms with Gasteiger partial charge in [-0.3, -0.25) is 19.3 Å². The lowest BCUT2D eigenvalue weighted by Gasteiger charge is -2.29. The van der Waals surface area contributed by atoms with Gasteiger partial charge in [0.1, 0.15) is 12.3 Å². The van der Waals surface area contributed by atoms with Crippen molar-refractivity contribution in [3.63, 3.8) is 0 Å². The Morgan fingerprint density at radius 2 is 1.86 bits per heavy atom. The molecule has 1 aliphatic rings. The van der Waals surface area contributed by atoms with Crippen LogP contribution in [-0.4, -0.2) is 48.9 Å². The highest BCUT2D eigenvalue weighted by Crippen LogP contribution is 2.33. The number of hydrogen-bond acceptors (Lipinski definition) is 4. The number of benzene rings is 2. The number of carbonyl (C=O) groups excluding carboxylic acids is 3. The molecule has 0 radical (unpaired) electrons. The van der Waals surface area contributed by atoms with Gasteiger partial charge in [0.2, 0.25) is 5.91 Å². The zero-order valence-corrected chi connectivity index (χ0v) is 16.9. The average molecular weight is 395 g/mol. The standard InChI is InChI=1S/C22H25N3O4/c1-4-24(5-2)22(28)16-10-11-19-18(12-16)25(21(27)14-29-19)13-20(26)23-17-9-7-6-8-15(17)3/h6-12H,4-5,13-14H2,1-3H3,(H,23,26). The first-order valence-corrected chi connectivity index (χ1v) is 9.66. The summed E-state index contributed by atoms with van der Waals surface area (Å²) in [6.45, 7) is 6.59. The highest BCUT2D eigenvalue weighted by atomic mass is 16.5. The van der Waals surface area contributed by atoms with E-state index >= 15 is 0 Å². The minimum absolute atomic E-state index is 0.125. The molecule has 1 heterocycles. The topological polar surface area (TPSA) is 79.0 Å². The molecule has 0 saturated carbocycles. The molecule has 7 nitrogen and oxygen atoms in total. The van der Waals surface area contributed by atoms with Crippen molar-refractivity contribution in [2.75, 3.05) is 36.5 Å². The molecule has 2 aromatic carbocycles. The number of hydrogen-bond donors (Lipinski definition) is 1. The van der Waals surface area contributed by atoms with Crippen molar-refractivity contribution in [2.45, 2.75) is 20.8 Å². The second-order valence-electron chi connectivity index (χ2n) is 6.79. The Labute approximate surface area is 170 Å². The van der Waals surface area contributed by atoms with Gasteiger partial charge in [0.15, 0.2) is 6.61 Å². The number of anilines is 2. The molecule has 0 saturated heterocycles. The van der Waals surface area contributed by atoms with Crippen LogP contribution in [0.15, 0.2) is 42.5 Å². The number of aryl methyl sites for hydroxylation is 1. The van der Waals surface area contributed by atoms with Crippen LogP contribution in [0.2, 0.25) is 0 Å². The fourth-order valence-electron chi connectivity index (χ4n) is 3.25. The fourth-order valence-corrected chi connectivity index (χ4v) is 3.25. The van der Waals surface area contributed by atoms with Crippen molar-refractivity contribution in [3.8, 4) is 5.75 Å². The smallest absolute Gasteiger partial charge is 0.265 e. The Kier molecular flexibility index (Phi) is 6.16. The lowest BCUT2D eigenvalue weighted by atomic mass is 10.1. The van der Waals surface area contributed by atoms with Crippen LogP contribution in [0.25, 0.3) is 0 Å². The molecule has 0 fully saturated rings. The van der Waals surface area contributed by atoms with Gasteiger partial charge < -0.3 is 15.0 Å². The molecule has 0 spiro atoms. The molecule has 0 aromatic heterocycles. The number of fused-ring (bicyclic) bond motifs is 1. The van der Waals surface area contributed by atoms with Gasteiger partial charge in [0.25, 0.3) is 11.8 Å². The Balaban J connectivity index is 1.84. The zero-order valence-electron chi connectivity index (χ0n) is 16.9. The van der Waals surface area contributed by atoms with Crippen LogP contribution in [0.3, 0.4) is 0 Å². The largest absolute Gasteiger partial charge is 0.482 e. The van der Waals surface area contributed by atoms with E-state index < -0.39 is 0 Å². The summed E-state index contributed by atoms with van der Waals surface area (Å²) in [6, 6.07) is 12.4. The first kappa shape index (κ1) is 20.4. The van der Waals surface area contributed by atoms with Crippen LogP contribution < -0.4 is 15.0 Å². The predicted molar refractivity (Wildman–Crippen MR) is 111 cm³/mol. The molecule has 3 amide bonds. The Morgan fingerprint density at radius 1 is 1.14 bits per heavy atom. The number of amides is 3. The summed E-state index contributed by atoms with van der Waals surface area (Å²) in [5.41, 5.74) is 2.51. The van der Waals surface area contributed by atoms with E-state index in [1.165, 1.54) is 4.90 Å². The monoisotopic (exact) mass is 395 g/mol. The molecule has 0 unspecified atom stereocenters. The van der Waals surface area contributed by atoms with E-state index in [1.807, 2.05) is 45.0 Å². The maximum absolute atomic E-state index is 12.7. The van der Waals surface area contributed by atoms with Gasteiger partial charge >= 0.3 is 0 Å². The first-order valence-electron chi connectivity index (χ1n) is 9.66. The van der Waals surface area contributed by atoms with E-state index in [0.717, 1.165) is 5.56 Å². The predicted octanol–water partition coefficient (Wildman–Crippen LogP) is 2.84. The summed E-state index contributed by atoms with van der Waals surface area (Å²) >= 11 is 0. The molecule has 1 N–H and O–H groups in total. The van der Waals surface area contributed by atoms with Gasteiger partial charge in [-0.15, -0.1) is 0 Å². The summed E-state index contributed by atoms with van der Waals surface area (Å²) in [7, 11) is 0. The van der Waals surface area contributed by atoms with Crippen LogP contribution in [0.4, 0.5) is 11.4 Å². The summed E-state index contributed by atoms with van der Waals surface area (Å²) in [5.74, 6) is -0.296. The second kappa shape index (κ2) is 8.77. The van der Waals surface area contributed by atoms with Crippen LogP contribution in [0, 0.1) is 6.92 Å². The van der Waals surface area contributed by atoms with Gasteiger partial charge in [-0.1, -0.05) is 18.2 Å². The number of ether oxygens (including phenoxy) is 1. The molecule has 29 heavy (non-hydrogen) atoms. The number of carbonyl (C=O) groups is 3. The van der Waals surface area contributed by atoms with Crippen LogP contribution >= 0.6 is 0 Å². The molecule has 152 valence electrons.